The first-order valence-corrected chi connectivity index (χ1v) is 10.5. The number of rotatable bonds is 8. The third kappa shape index (κ3) is 6.44. The van der Waals surface area contributed by atoms with Gasteiger partial charge in [0.1, 0.15) is 0 Å². The Balaban J connectivity index is 1.89. The predicted octanol–water partition coefficient (Wildman–Crippen LogP) is 2.43. The molecule has 1 saturated heterocycles. The number of nitrogens with zero attached hydrogens (tertiary/aromatic N) is 3. The number of amides is 2. The van der Waals surface area contributed by atoms with Crippen LogP contribution in [0.3, 0.4) is 0 Å². The summed E-state index contributed by atoms with van der Waals surface area (Å²) < 4.78 is 5.38. The van der Waals surface area contributed by atoms with Gasteiger partial charge in [-0.15, -0.1) is 0 Å². The van der Waals surface area contributed by atoms with Crippen LogP contribution < -0.4 is 10.2 Å². The van der Waals surface area contributed by atoms with Gasteiger partial charge in [0.15, 0.2) is 0 Å². The first kappa shape index (κ1) is 23.2. The molecule has 1 atom stereocenters. The molecule has 7 nitrogen and oxygen atoms in total. The lowest BCUT2D eigenvalue weighted by atomic mass is 10.1. The fraction of sp³-hybridized carbons (Fsp3) is 0.636. The van der Waals surface area contributed by atoms with E-state index in [0.29, 0.717) is 0 Å². The lowest BCUT2D eigenvalue weighted by Crippen LogP contribution is -2.52. The molecule has 1 aromatic rings. The van der Waals surface area contributed by atoms with Crippen LogP contribution in [0.15, 0.2) is 24.3 Å². The van der Waals surface area contributed by atoms with Gasteiger partial charge in [-0.2, -0.15) is 0 Å². The molecule has 1 fully saturated rings. The summed E-state index contributed by atoms with van der Waals surface area (Å²) in [5, 5.41) is 2.92. The molecular formula is C22H36N4O3. The fourth-order valence-electron chi connectivity index (χ4n) is 3.65. The zero-order valence-electron chi connectivity index (χ0n) is 18.6. The molecule has 1 heterocycles. The lowest BCUT2D eigenvalue weighted by Gasteiger charge is -2.35. The molecule has 2 amide bonds. The molecule has 0 bridgehead atoms. The molecule has 0 aliphatic carbocycles. The Labute approximate surface area is 175 Å². The van der Waals surface area contributed by atoms with E-state index in [0.717, 1.165) is 37.7 Å². The van der Waals surface area contributed by atoms with Crippen LogP contribution in [-0.4, -0.2) is 79.6 Å². The first-order chi connectivity index (χ1) is 13.7. The lowest BCUT2D eigenvalue weighted by molar-refractivity contribution is -0.140. The molecule has 1 aliphatic heterocycles. The molecule has 162 valence electrons. The quantitative estimate of drug-likeness (QED) is 0.721. The van der Waals surface area contributed by atoms with Crippen LogP contribution >= 0.6 is 0 Å². The molecule has 0 saturated carbocycles. The number of likely N-dealkylation sites (N-methyl/N-ethyl adjacent to an activating group) is 1. The van der Waals surface area contributed by atoms with Crippen molar-refractivity contribution in [2.45, 2.75) is 52.7 Å². The minimum Gasteiger partial charge on any atom is -0.378 e. The Morgan fingerprint density at radius 3 is 2.10 bits per heavy atom. The van der Waals surface area contributed by atoms with Crippen LogP contribution in [0.2, 0.25) is 0 Å². The third-order valence-corrected chi connectivity index (χ3v) is 5.31. The number of morpholine rings is 1. The Morgan fingerprint density at radius 2 is 1.59 bits per heavy atom. The molecule has 2 rings (SSSR count). The van der Waals surface area contributed by atoms with E-state index in [2.05, 4.69) is 10.2 Å². The van der Waals surface area contributed by atoms with Gasteiger partial charge in [0.25, 0.3) is 0 Å². The van der Waals surface area contributed by atoms with Crippen molar-refractivity contribution in [3.8, 4) is 0 Å². The van der Waals surface area contributed by atoms with Crippen LogP contribution in [0.1, 0.15) is 34.6 Å². The third-order valence-electron chi connectivity index (χ3n) is 5.31. The van der Waals surface area contributed by atoms with Crippen LogP contribution in [0.4, 0.5) is 11.4 Å². The summed E-state index contributed by atoms with van der Waals surface area (Å²) in [6.45, 7) is 13.3. The van der Waals surface area contributed by atoms with Crippen molar-refractivity contribution in [1.29, 1.82) is 0 Å². The molecule has 1 aromatic carbocycles. The van der Waals surface area contributed by atoms with Crippen molar-refractivity contribution >= 4 is 23.2 Å². The molecule has 0 aromatic heterocycles. The average Bonchev–Trinajstić information content (AvgIpc) is 2.67. The minimum absolute atomic E-state index is 0.0418. The van der Waals surface area contributed by atoms with E-state index < -0.39 is 0 Å². The molecule has 0 radical (unpaired) electrons. The normalized spacial score (nSPS) is 15.7. The largest absolute Gasteiger partial charge is 0.378 e. The van der Waals surface area contributed by atoms with Crippen LogP contribution in [0.25, 0.3) is 0 Å². The molecular weight excluding hydrogens is 368 g/mol. The van der Waals surface area contributed by atoms with E-state index in [-0.39, 0.29) is 36.5 Å². The van der Waals surface area contributed by atoms with Gasteiger partial charge in [0, 0.05) is 36.5 Å². The van der Waals surface area contributed by atoms with Crippen molar-refractivity contribution in [2.24, 2.45) is 0 Å². The Morgan fingerprint density at radius 1 is 1.03 bits per heavy atom. The van der Waals surface area contributed by atoms with Gasteiger partial charge < -0.3 is 19.9 Å². The Hall–Kier alpha value is -2.12. The van der Waals surface area contributed by atoms with Crippen LogP contribution in [-0.2, 0) is 14.3 Å². The highest BCUT2D eigenvalue weighted by molar-refractivity contribution is 5.93. The summed E-state index contributed by atoms with van der Waals surface area (Å²) in [6.07, 6.45) is 0. The van der Waals surface area contributed by atoms with E-state index in [4.69, 9.17) is 4.74 Å². The van der Waals surface area contributed by atoms with Crippen LogP contribution in [0.5, 0.6) is 0 Å². The number of hydrogen-bond donors (Lipinski definition) is 1. The summed E-state index contributed by atoms with van der Waals surface area (Å²) in [7, 11) is 1.81. The van der Waals surface area contributed by atoms with Gasteiger partial charge in [-0.25, -0.2) is 0 Å². The maximum absolute atomic E-state index is 12.8. The van der Waals surface area contributed by atoms with Crippen molar-refractivity contribution in [2.75, 3.05) is 50.1 Å². The molecule has 0 spiro atoms. The number of hydrogen-bond acceptors (Lipinski definition) is 5. The molecule has 1 N–H and O–H groups in total. The van der Waals surface area contributed by atoms with Crippen molar-refractivity contribution in [3.05, 3.63) is 24.3 Å². The van der Waals surface area contributed by atoms with Crippen LogP contribution in [0, 0.1) is 0 Å². The number of benzene rings is 1. The zero-order valence-corrected chi connectivity index (χ0v) is 18.6. The topological polar surface area (TPSA) is 65.1 Å². The van der Waals surface area contributed by atoms with Crippen molar-refractivity contribution in [1.82, 2.24) is 9.80 Å². The maximum Gasteiger partial charge on any atom is 0.240 e. The minimum atomic E-state index is -0.366. The highest BCUT2D eigenvalue weighted by Gasteiger charge is 2.28. The highest BCUT2D eigenvalue weighted by atomic mass is 16.5. The van der Waals surface area contributed by atoms with Gasteiger partial charge in [0.05, 0.1) is 25.8 Å². The second-order valence-corrected chi connectivity index (χ2v) is 8.22. The number of ether oxygens (including phenoxy) is 1. The maximum atomic E-state index is 12.8. The average molecular weight is 405 g/mol. The zero-order chi connectivity index (χ0) is 21.6. The Bertz CT molecular complexity index is 661. The van der Waals surface area contributed by atoms with E-state index in [1.54, 1.807) is 4.90 Å². The summed E-state index contributed by atoms with van der Waals surface area (Å²) in [5.74, 6) is -0.0907. The number of anilines is 2. The first-order valence-electron chi connectivity index (χ1n) is 10.5. The Kier molecular flexibility index (Phi) is 8.46. The number of carbonyl (C=O) groups is 2. The van der Waals surface area contributed by atoms with Crippen molar-refractivity contribution < 1.29 is 14.3 Å². The highest BCUT2D eigenvalue weighted by Crippen LogP contribution is 2.19. The van der Waals surface area contributed by atoms with Gasteiger partial charge in [0.2, 0.25) is 11.8 Å². The van der Waals surface area contributed by atoms with Gasteiger partial charge in [-0.1, -0.05) is 0 Å². The molecule has 7 heteroatoms. The summed E-state index contributed by atoms with van der Waals surface area (Å²) >= 11 is 0. The monoisotopic (exact) mass is 404 g/mol. The van der Waals surface area contributed by atoms with Gasteiger partial charge in [-0.3, -0.25) is 14.5 Å². The van der Waals surface area contributed by atoms with Gasteiger partial charge >= 0.3 is 0 Å². The second-order valence-electron chi connectivity index (χ2n) is 8.22. The predicted molar refractivity (Wildman–Crippen MR) is 117 cm³/mol. The number of carbonyl (C=O) groups excluding carboxylic acids is 2. The molecule has 1 unspecified atom stereocenters. The van der Waals surface area contributed by atoms with E-state index in [1.165, 1.54) is 0 Å². The van der Waals surface area contributed by atoms with E-state index in [9.17, 15) is 9.59 Å². The van der Waals surface area contributed by atoms with E-state index in [1.807, 2.05) is 70.8 Å². The summed E-state index contributed by atoms with van der Waals surface area (Å²) in [6, 6.07) is 7.73. The van der Waals surface area contributed by atoms with Crippen molar-refractivity contribution in [3.63, 3.8) is 0 Å². The standard InChI is InChI=1S/C22H36N4O3/c1-16(2)26(17(3)4)22(28)18(5)24(6)15-21(27)23-19-7-9-20(10-8-19)25-11-13-29-14-12-25/h7-10,16-18H,11-15H2,1-6H3,(H,23,27). The smallest absolute Gasteiger partial charge is 0.240 e. The molecule has 29 heavy (non-hydrogen) atoms. The van der Waals surface area contributed by atoms with E-state index >= 15 is 0 Å². The summed E-state index contributed by atoms with van der Waals surface area (Å²) in [5.41, 5.74) is 1.88. The second kappa shape index (κ2) is 10.6. The SMILES string of the molecule is CC(C(=O)N(C(C)C)C(C)C)N(C)CC(=O)Nc1ccc(N2CCOCC2)cc1. The van der Waals surface area contributed by atoms with Gasteiger partial charge in [-0.05, 0) is 65.9 Å². The molecule has 1 aliphatic rings. The number of nitrogens with one attached hydrogen (secondary N) is 1. The fourth-order valence-corrected chi connectivity index (χ4v) is 3.65. The summed E-state index contributed by atoms with van der Waals surface area (Å²) in [4.78, 5) is 31.2.